The Morgan fingerprint density at radius 2 is 1.85 bits per heavy atom. The number of pyridine rings is 1. The number of ether oxygens (including phenoxy) is 3. The summed E-state index contributed by atoms with van der Waals surface area (Å²) in [6, 6.07) is 3.62. The van der Waals surface area contributed by atoms with Crippen LogP contribution in [0.4, 0.5) is 5.69 Å². The van der Waals surface area contributed by atoms with Gasteiger partial charge in [-0.1, -0.05) is 36.6 Å². The third kappa shape index (κ3) is 15.4. The van der Waals surface area contributed by atoms with Crippen LogP contribution in [-0.4, -0.2) is 89.4 Å². The summed E-state index contributed by atoms with van der Waals surface area (Å²) in [4.78, 5) is 13.6. The van der Waals surface area contributed by atoms with Crippen LogP contribution in [0.1, 0.15) is 57.8 Å². The maximum atomic E-state index is 13.1. The van der Waals surface area contributed by atoms with Crippen LogP contribution in [0.5, 0.6) is 0 Å². The molecule has 0 atom stereocenters. The van der Waals surface area contributed by atoms with Crippen molar-refractivity contribution in [2.75, 3.05) is 70.9 Å². The molecule has 40 heavy (non-hydrogen) atoms. The summed E-state index contributed by atoms with van der Waals surface area (Å²) in [5.41, 5.74) is 0.727. The summed E-state index contributed by atoms with van der Waals surface area (Å²) in [6.45, 7) is 3.25. The van der Waals surface area contributed by atoms with Crippen molar-refractivity contribution in [2.24, 2.45) is 10.9 Å². The lowest BCUT2D eigenvalue weighted by Gasteiger charge is -2.26. The summed E-state index contributed by atoms with van der Waals surface area (Å²) in [5.74, 6) is 0.776. The second kappa shape index (κ2) is 21.4. The van der Waals surface area contributed by atoms with Gasteiger partial charge in [-0.05, 0) is 43.7 Å². The molecule has 1 aliphatic carbocycles. The molecular formula is C27H46N6O6S. The van der Waals surface area contributed by atoms with Gasteiger partial charge in [0.15, 0.2) is 0 Å². The predicted molar refractivity (Wildman–Crippen MR) is 154 cm³/mol. The zero-order valence-corrected chi connectivity index (χ0v) is 24.6. The third-order valence-corrected chi connectivity index (χ3v) is 8.13. The number of anilines is 1. The number of nitrogens with one attached hydrogen (secondary N) is 2. The van der Waals surface area contributed by atoms with E-state index in [9.17, 15) is 8.42 Å². The van der Waals surface area contributed by atoms with Gasteiger partial charge in [0.2, 0.25) is 22.2 Å². The second-order valence-corrected chi connectivity index (χ2v) is 11.6. The van der Waals surface area contributed by atoms with Crippen molar-refractivity contribution in [3.63, 3.8) is 0 Å². The van der Waals surface area contributed by atoms with Crippen molar-refractivity contribution >= 4 is 21.7 Å². The molecule has 0 saturated heterocycles. The number of aliphatic imine (C=N–C) groups is 1. The van der Waals surface area contributed by atoms with Gasteiger partial charge in [-0.2, -0.15) is 5.26 Å². The number of methoxy groups -OCH3 is 1. The van der Waals surface area contributed by atoms with Crippen LogP contribution in [0, 0.1) is 17.4 Å². The van der Waals surface area contributed by atoms with Gasteiger partial charge >= 0.3 is 0 Å². The first-order chi connectivity index (χ1) is 19.5. The Labute approximate surface area is 239 Å². The number of hydrogen-bond donors (Lipinski definition) is 2. The van der Waals surface area contributed by atoms with E-state index < -0.39 is 10.0 Å². The van der Waals surface area contributed by atoms with Crippen LogP contribution >= 0.6 is 0 Å². The van der Waals surface area contributed by atoms with E-state index in [4.69, 9.17) is 24.3 Å². The number of aromatic nitrogens is 1. The largest absolute Gasteiger partial charge is 0.382 e. The lowest BCUT2D eigenvalue weighted by atomic mass is 9.90. The molecule has 0 spiro atoms. The van der Waals surface area contributed by atoms with E-state index in [0.29, 0.717) is 57.9 Å². The molecule has 0 unspecified atom stereocenters. The van der Waals surface area contributed by atoms with Gasteiger partial charge in [0.25, 0.3) is 0 Å². The molecule has 1 aromatic rings. The summed E-state index contributed by atoms with van der Waals surface area (Å²) in [5, 5.41) is 15.0. The normalized spacial score (nSPS) is 14.8. The quantitative estimate of drug-likeness (QED) is 0.0727. The lowest BCUT2D eigenvalue weighted by Crippen LogP contribution is -2.37. The molecule has 0 radical (unpaired) electrons. The van der Waals surface area contributed by atoms with Gasteiger partial charge in [-0.25, -0.2) is 8.42 Å². The fraction of sp³-hybridized carbons (Fsp3) is 0.741. The molecule has 226 valence electrons. The van der Waals surface area contributed by atoms with Gasteiger partial charge < -0.3 is 24.8 Å². The van der Waals surface area contributed by atoms with Gasteiger partial charge in [-0.15, -0.1) is 4.99 Å². The molecule has 13 heteroatoms. The number of unbranched alkanes of at least 4 members (excludes halogenated alkanes) is 3. The van der Waals surface area contributed by atoms with Gasteiger partial charge in [0, 0.05) is 19.9 Å². The van der Waals surface area contributed by atoms with Crippen molar-refractivity contribution in [1.82, 2.24) is 14.8 Å². The molecule has 1 aliphatic rings. The molecule has 1 saturated carbocycles. The van der Waals surface area contributed by atoms with E-state index in [2.05, 4.69) is 20.6 Å². The first kappa shape index (κ1) is 33.9. The van der Waals surface area contributed by atoms with E-state index in [1.165, 1.54) is 19.3 Å². The van der Waals surface area contributed by atoms with Crippen LogP contribution in [-0.2, 0) is 29.1 Å². The number of nitrogens with zero attached hydrogens (tertiary/aromatic N) is 4. The van der Waals surface area contributed by atoms with Crippen LogP contribution in [0.15, 0.2) is 29.5 Å². The maximum absolute atomic E-state index is 13.1. The average molecular weight is 583 g/mol. The third-order valence-electron chi connectivity index (χ3n) is 6.42. The molecule has 0 bridgehead atoms. The zero-order valence-electron chi connectivity index (χ0n) is 23.8. The van der Waals surface area contributed by atoms with E-state index in [-0.39, 0.29) is 18.9 Å². The number of hydroxylamine groups is 1. The topological polar surface area (TPSA) is 147 Å². The molecule has 12 nitrogen and oxygen atoms in total. The standard InChI is InChI=1S/C27H46N6O6S/c1-36-17-18-38-20-19-37-16-15-33(39-23-25-10-5-4-6-11-25)40(34,35)21-8-3-2-7-14-30-27(31-24-28)32-26-12-9-13-29-22-26/h9,12-13,22,25H,2-8,10-11,14-21,23H2,1H3,(H2,30,31,32). The highest BCUT2D eigenvalue weighted by Gasteiger charge is 2.24. The van der Waals surface area contributed by atoms with Crippen LogP contribution in [0.3, 0.4) is 0 Å². The number of rotatable bonds is 21. The monoisotopic (exact) mass is 582 g/mol. The van der Waals surface area contributed by atoms with E-state index >= 15 is 0 Å². The number of nitriles is 1. The first-order valence-electron chi connectivity index (χ1n) is 14.2. The first-order valence-corrected chi connectivity index (χ1v) is 15.8. The molecule has 2 rings (SSSR count). The van der Waals surface area contributed by atoms with Crippen LogP contribution < -0.4 is 10.6 Å². The molecule has 1 aromatic heterocycles. The Morgan fingerprint density at radius 1 is 1.10 bits per heavy atom. The minimum Gasteiger partial charge on any atom is -0.382 e. The van der Waals surface area contributed by atoms with Crippen LogP contribution in [0.2, 0.25) is 0 Å². The minimum absolute atomic E-state index is 0.0227. The van der Waals surface area contributed by atoms with Gasteiger partial charge in [0.1, 0.15) is 0 Å². The smallest absolute Gasteiger partial charge is 0.236 e. The fourth-order valence-electron chi connectivity index (χ4n) is 4.24. The minimum atomic E-state index is -3.58. The van der Waals surface area contributed by atoms with Crippen molar-refractivity contribution in [1.29, 1.82) is 5.26 Å². The summed E-state index contributed by atoms with van der Waals surface area (Å²) < 4.78 is 43.2. The molecule has 0 amide bonds. The Bertz CT molecular complexity index is 954. The van der Waals surface area contributed by atoms with Crippen molar-refractivity contribution in [2.45, 2.75) is 57.8 Å². The Morgan fingerprint density at radius 3 is 2.58 bits per heavy atom. The van der Waals surface area contributed by atoms with E-state index in [1.807, 2.05) is 6.07 Å². The Kier molecular flexibility index (Phi) is 18.1. The van der Waals surface area contributed by atoms with Crippen molar-refractivity contribution < 1.29 is 27.5 Å². The molecule has 1 fully saturated rings. The van der Waals surface area contributed by atoms with E-state index in [1.54, 1.807) is 31.8 Å². The number of sulfonamides is 1. The van der Waals surface area contributed by atoms with Crippen LogP contribution in [0.25, 0.3) is 0 Å². The molecular weight excluding hydrogens is 536 g/mol. The molecule has 0 aliphatic heterocycles. The Hall–Kier alpha value is -2.34. The maximum Gasteiger partial charge on any atom is 0.236 e. The highest BCUT2D eigenvalue weighted by Crippen LogP contribution is 2.24. The van der Waals surface area contributed by atoms with E-state index in [0.717, 1.165) is 42.3 Å². The predicted octanol–water partition coefficient (Wildman–Crippen LogP) is 3.30. The Balaban J connectivity index is 1.70. The van der Waals surface area contributed by atoms with Crippen molar-refractivity contribution in [3.8, 4) is 6.19 Å². The summed E-state index contributed by atoms with van der Waals surface area (Å²) in [7, 11) is -1.96. The SMILES string of the molecule is COCCOCCOCCN(OCC1CCCCC1)S(=O)(=O)CCCCCCN/C(=N\C#N)Nc1cccnc1. The second-order valence-electron chi connectivity index (χ2n) is 9.63. The molecule has 0 aromatic carbocycles. The summed E-state index contributed by atoms with van der Waals surface area (Å²) in [6.07, 6.45) is 13.8. The highest BCUT2D eigenvalue weighted by molar-refractivity contribution is 7.88. The van der Waals surface area contributed by atoms with Gasteiger partial charge in [0.05, 0.1) is 63.8 Å². The summed E-state index contributed by atoms with van der Waals surface area (Å²) >= 11 is 0. The zero-order chi connectivity index (χ0) is 28.7. The lowest BCUT2D eigenvalue weighted by molar-refractivity contribution is -0.112. The number of hydrogen-bond acceptors (Lipinski definition) is 9. The highest BCUT2D eigenvalue weighted by atomic mass is 32.2. The number of guanidine groups is 1. The molecule has 1 heterocycles. The average Bonchev–Trinajstić information content (AvgIpc) is 2.96. The van der Waals surface area contributed by atoms with Crippen molar-refractivity contribution in [3.05, 3.63) is 24.5 Å². The molecule has 2 N–H and O–H groups in total. The van der Waals surface area contributed by atoms with Gasteiger partial charge in [-0.3, -0.25) is 9.82 Å². The fourth-order valence-corrected chi connectivity index (χ4v) is 5.58.